The number of unbranched alkanes of at least 4 members (excludes halogenated alkanes) is 3. The summed E-state index contributed by atoms with van der Waals surface area (Å²) in [6.07, 6.45) is 12.8. The highest BCUT2D eigenvalue weighted by Crippen LogP contribution is 2.32. The number of esters is 2. The molecule has 3 atom stereocenters. The van der Waals surface area contributed by atoms with Crippen molar-refractivity contribution in [3.05, 3.63) is 12.2 Å². The maximum atomic E-state index is 12.3. The number of ether oxygens (including phenoxy) is 2. The molecular weight excluding hydrogens is 392 g/mol. The minimum Gasteiger partial charge on any atom is -0.466 e. The van der Waals surface area contributed by atoms with Crippen LogP contribution < -0.4 is 0 Å². The maximum absolute atomic E-state index is 12.3. The monoisotopic (exact) mass is 432 g/mol. The molecule has 0 heterocycles. The van der Waals surface area contributed by atoms with Crippen LogP contribution in [0.1, 0.15) is 97.8 Å². The molecule has 0 amide bonds. The molecule has 1 saturated carbocycles. The summed E-state index contributed by atoms with van der Waals surface area (Å²) in [5.74, 6) is 6.38. The molecule has 5 nitrogen and oxygen atoms in total. The molecule has 0 saturated heterocycles. The van der Waals surface area contributed by atoms with Crippen LogP contribution in [0.5, 0.6) is 0 Å². The van der Waals surface area contributed by atoms with Gasteiger partial charge in [0.15, 0.2) is 0 Å². The zero-order valence-electron chi connectivity index (χ0n) is 19.6. The molecule has 31 heavy (non-hydrogen) atoms. The van der Waals surface area contributed by atoms with Gasteiger partial charge in [0.1, 0.15) is 11.9 Å². The minimum atomic E-state index is -0.208. The molecule has 1 fully saturated rings. The van der Waals surface area contributed by atoms with Gasteiger partial charge in [-0.3, -0.25) is 14.4 Å². The number of hydrogen-bond acceptors (Lipinski definition) is 5. The molecule has 1 rings (SSSR count). The van der Waals surface area contributed by atoms with Gasteiger partial charge < -0.3 is 9.47 Å². The Bertz CT molecular complexity index is 640. The summed E-state index contributed by atoms with van der Waals surface area (Å²) in [6, 6.07) is 0. The highest BCUT2D eigenvalue weighted by Gasteiger charge is 2.32. The summed E-state index contributed by atoms with van der Waals surface area (Å²) in [5, 5.41) is 0. The lowest BCUT2D eigenvalue weighted by atomic mass is 9.91. The molecule has 0 radical (unpaired) electrons. The number of rotatable bonds is 14. The molecule has 1 aliphatic carbocycles. The Labute approximate surface area is 188 Å². The summed E-state index contributed by atoms with van der Waals surface area (Å²) in [5.41, 5.74) is 0. The fourth-order valence-electron chi connectivity index (χ4n) is 3.71. The molecule has 174 valence electrons. The number of carbonyl (C=O) groups is 3. The first-order valence-electron chi connectivity index (χ1n) is 12.0. The maximum Gasteiger partial charge on any atom is 0.306 e. The van der Waals surface area contributed by atoms with E-state index >= 15 is 0 Å². The smallest absolute Gasteiger partial charge is 0.306 e. The Hall–Kier alpha value is -2.09. The van der Waals surface area contributed by atoms with Crippen LogP contribution in [0, 0.1) is 23.7 Å². The summed E-state index contributed by atoms with van der Waals surface area (Å²) >= 11 is 0. The van der Waals surface area contributed by atoms with Crippen molar-refractivity contribution in [2.24, 2.45) is 11.8 Å². The molecule has 0 bridgehead atoms. The predicted molar refractivity (Wildman–Crippen MR) is 122 cm³/mol. The van der Waals surface area contributed by atoms with Gasteiger partial charge in [-0.25, -0.2) is 0 Å². The van der Waals surface area contributed by atoms with Crippen LogP contribution in [-0.2, 0) is 23.9 Å². The average molecular weight is 433 g/mol. The van der Waals surface area contributed by atoms with Gasteiger partial charge >= 0.3 is 11.9 Å². The van der Waals surface area contributed by atoms with Gasteiger partial charge in [0.05, 0.1) is 6.61 Å². The zero-order valence-corrected chi connectivity index (χ0v) is 19.6. The van der Waals surface area contributed by atoms with Crippen molar-refractivity contribution in [3.63, 3.8) is 0 Å². The third kappa shape index (κ3) is 11.8. The molecular formula is C26H40O5. The fraction of sp³-hybridized carbons (Fsp3) is 0.731. The first-order chi connectivity index (χ1) is 15.0. The topological polar surface area (TPSA) is 69.7 Å². The van der Waals surface area contributed by atoms with E-state index in [4.69, 9.17) is 9.47 Å². The van der Waals surface area contributed by atoms with Gasteiger partial charge in [-0.2, -0.15) is 0 Å². The van der Waals surface area contributed by atoms with Crippen molar-refractivity contribution >= 4 is 17.7 Å². The first-order valence-corrected chi connectivity index (χ1v) is 12.0. The second-order valence-corrected chi connectivity index (χ2v) is 8.15. The van der Waals surface area contributed by atoms with Crippen molar-refractivity contribution < 1.29 is 23.9 Å². The van der Waals surface area contributed by atoms with Crippen LogP contribution in [0.3, 0.4) is 0 Å². The molecule has 0 spiro atoms. The SMILES string of the molecule is CCCCC(C=C[C@@H]1CCC(=O)[C@H]1CC#CCCCCC(=O)OCC)OC(=O)CCC. The second-order valence-electron chi connectivity index (χ2n) is 8.15. The van der Waals surface area contributed by atoms with Crippen molar-refractivity contribution in [3.8, 4) is 11.8 Å². The largest absolute Gasteiger partial charge is 0.466 e. The van der Waals surface area contributed by atoms with E-state index < -0.39 is 0 Å². The normalized spacial score (nSPS) is 19.1. The Balaban J connectivity index is 2.51. The summed E-state index contributed by atoms with van der Waals surface area (Å²) < 4.78 is 10.5. The van der Waals surface area contributed by atoms with Gasteiger partial charge in [-0.05, 0) is 57.4 Å². The lowest BCUT2D eigenvalue weighted by Gasteiger charge is -2.16. The van der Waals surface area contributed by atoms with E-state index in [1.807, 2.05) is 13.0 Å². The standard InChI is InChI=1S/C26H40O5/c1-4-7-14-22(31-26(29)13-5-2)19-17-21-18-20-24(27)23(21)15-11-9-8-10-12-16-25(28)30-6-3/h17,19,21-23H,4-8,10,12-16,18,20H2,1-3H3/t21-,22?,23+/m1/s1. The van der Waals surface area contributed by atoms with E-state index in [9.17, 15) is 14.4 Å². The molecule has 0 aromatic heterocycles. The summed E-state index contributed by atoms with van der Waals surface area (Å²) in [6.45, 7) is 6.31. The highest BCUT2D eigenvalue weighted by atomic mass is 16.5. The molecule has 0 aliphatic heterocycles. The van der Waals surface area contributed by atoms with Gasteiger partial charge in [0.25, 0.3) is 0 Å². The molecule has 1 aliphatic rings. The number of allylic oxidation sites excluding steroid dienone is 1. The van der Waals surface area contributed by atoms with E-state index in [1.54, 1.807) is 6.92 Å². The number of carbonyl (C=O) groups excluding carboxylic acids is 3. The molecule has 1 unspecified atom stereocenters. The summed E-state index contributed by atoms with van der Waals surface area (Å²) in [4.78, 5) is 35.5. The van der Waals surface area contributed by atoms with Gasteiger partial charge in [0, 0.05) is 38.0 Å². The van der Waals surface area contributed by atoms with Crippen molar-refractivity contribution in [1.29, 1.82) is 0 Å². The lowest BCUT2D eigenvalue weighted by Crippen LogP contribution is -2.17. The number of ketones is 1. The first kappa shape index (κ1) is 26.9. The third-order valence-corrected chi connectivity index (χ3v) is 5.49. The van der Waals surface area contributed by atoms with E-state index in [0.29, 0.717) is 32.3 Å². The van der Waals surface area contributed by atoms with Gasteiger partial charge in [-0.1, -0.05) is 26.3 Å². The molecule has 0 aromatic carbocycles. The predicted octanol–water partition coefficient (Wildman–Crippen LogP) is 5.56. The Morgan fingerprint density at radius 2 is 1.87 bits per heavy atom. The van der Waals surface area contributed by atoms with E-state index in [2.05, 4.69) is 24.8 Å². The Kier molecular flexibility index (Phi) is 14.4. The van der Waals surface area contributed by atoms with Gasteiger partial charge in [0.2, 0.25) is 0 Å². The minimum absolute atomic E-state index is 0.0681. The van der Waals surface area contributed by atoms with Crippen LogP contribution >= 0.6 is 0 Å². The number of Topliss-reactive ketones (excluding diaryl/α,β-unsaturated/α-hetero) is 1. The van der Waals surface area contributed by atoms with Crippen LogP contribution in [-0.4, -0.2) is 30.4 Å². The zero-order chi connectivity index (χ0) is 22.9. The number of hydrogen-bond donors (Lipinski definition) is 0. The van der Waals surface area contributed by atoms with Crippen molar-refractivity contribution in [2.45, 2.75) is 104 Å². The van der Waals surface area contributed by atoms with E-state index in [0.717, 1.165) is 51.4 Å². The fourth-order valence-corrected chi connectivity index (χ4v) is 3.71. The van der Waals surface area contributed by atoms with E-state index in [1.165, 1.54) is 0 Å². The van der Waals surface area contributed by atoms with Crippen LogP contribution in [0.25, 0.3) is 0 Å². The van der Waals surface area contributed by atoms with Crippen molar-refractivity contribution in [2.75, 3.05) is 6.61 Å². The van der Waals surface area contributed by atoms with Crippen molar-refractivity contribution in [1.82, 2.24) is 0 Å². The highest BCUT2D eigenvalue weighted by molar-refractivity contribution is 5.84. The lowest BCUT2D eigenvalue weighted by molar-refractivity contribution is -0.147. The third-order valence-electron chi connectivity index (χ3n) is 5.49. The molecule has 5 heteroatoms. The van der Waals surface area contributed by atoms with Crippen LogP contribution in [0.15, 0.2) is 12.2 Å². The Morgan fingerprint density at radius 3 is 2.58 bits per heavy atom. The quantitative estimate of drug-likeness (QED) is 0.156. The second kappa shape index (κ2) is 16.6. The average Bonchev–Trinajstić information content (AvgIpc) is 3.09. The molecule has 0 aromatic rings. The summed E-state index contributed by atoms with van der Waals surface area (Å²) in [7, 11) is 0. The Morgan fingerprint density at radius 1 is 1.06 bits per heavy atom. The van der Waals surface area contributed by atoms with Crippen LogP contribution in [0.4, 0.5) is 0 Å². The van der Waals surface area contributed by atoms with Crippen LogP contribution in [0.2, 0.25) is 0 Å². The molecule has 0 N–H and O–H groups in total. The van der Waals surface area contributed by atoms with Gasteiger partial charge in [-0.15, -0.1) is 11.8 Å². The van der Waals surface area contributed by atoms with E-state index in [-0.39, 0.29) is 35.7 Å².